The third-order valence-electron chi connectivity index (χ3n) is 4.98. The molecule has 0 spiro atoms. The number of nitrogens with two attached hydrogens (primary N) is 1. The van der Waals surface area contributed by atoms with E-state index >= 15 is 0 Å². The van der Waals surface area contributed by atoms with Crippen LogP contribution in [0.2, 0.25) is 0 Å². The van der Waals surface area contributed by atoms with E-state index in [4.69, 9.17) is 10.5 Å². The van der Waals surface area contributed by atoms with Crippen LogP contribution in [0.15, 0.2) is 84.9 Å². The second-order valence-corrected chi connectivity index (χ2v) is 7.28. The van der Waals surface area contributed by atoms with Gasteiger partial charge in [0.15, 0.2) is 0 Å². The van der Waals surface area contributed by atoms with Crippen LogP contribution in [0.25, 0.3) is 11.1 Å². The number of carbonyl (C=O) groups is 1. The van der Waals surface area contributed by atoms with Gasteiger partial charge in [-0.05, 0) is 42.7 Å². The SMILES string of the molecule is C[C@H](C#Cc1ccc(-c2ccccc2)cc1)[C@](C)(N)C(=O)OCc1ccccc1. The third kappa shape index (κ3) is 5.34. The minimum atomic E-state index is -1.19. The van der Waals surface area contributed by atoms with Gasteiger partial charge in [0.1, 0.15) is 12.1 Å². The van der Waals surface area contributed by atoms with E-state index in [1.54, 1.807) is 6.92 Å². The van der Waals surface area contributed by atoms with Crippen LogP contribution in [0, 0.1) is 17.8 Å². The second-order valence-electron chi connectivity index (χ2n) is 7.28. The fraction of sp³-hybridized carbons (Fsp3) is 0.192. The zero-order chi connectivity index (χ0) is 20.7. The number of carbonyl (C=O) groups excluding carboxylic acids is 1. The molecule has 2 atom stereocenters. The molecule has 0 saturated heterocycles. The molecule has 0 amide bonds. The van der Waals surface area contributed by atoms with Gasteiger partial charge in [-0.2, -0.15) is 0 Å². The van der Waals surface area contributed by atoms with E-state index in [9.17, 15) is 4.79 Å². The highest BCUT2D eigenvalue weighted by molar-refractivity contribution is 5.81. The Bertz CT molecular complexity index is 997. The first-order valence-corrected chi connectivity index (χ1v) is 9.64. The molecular weight excluding hydrogens is 358 g/mol. The van der Waals surface area contributed by atoms with E-state index in [1.807, 2.05) is 79.7 Å². The van der Waals surface area contributed by atoms with Gasteiger partial charge in [0, 0.05) is 11.5 Å². The van der Waals surface area contributed by atoms with Crippen LogP contribution in [0.3, 0.4) is 0 Å². The largest absolute Gasteiger partial charge is 0.459 e. The molecule has 0 bridgehead atoms. The summed E-state index contributed by atoms with van der Waals surface area (Å²) in [6.45, 7) is 3.71. The Hall–Kier alpha value is -3.35. The number of rotatable bonds is 5. The molecule has 0 aromatic heterocycles. The van der Waals surface area contributed by atoms with Crippen molar-refractivity contribution in [2.24, 2.45) is 11.7 Å². The summed E-state index contributed by atoms with van der Waals surface area (Å²) < 4.78 is 5.40. The maximum atomic E-state index is 12.5. The van der Waals surface area contributed by atoms with Gasteiger partial charge >= 0.3 is 5.97 Å². The molecule has 3 aromatic rings. The van der Waals surface area contributed by atoms with Gasteiger partial charge in [0.2, 0.25) is 0 Å². The molecule has 0 aliphatic heterocycles. The summed E-state index contributed by atoms with van der Waals surface area (Å²) in [5.74, 6) is 5.40. The maximum absolute atomic E-state index is 12.5. The molecule has 3 rings (SSSR count). The highest BCUT2D eigenvalue weighted by Crippen LogP contribution is 2.20. The summed E-state index contributed by atoms with van der Waals surface area (Å²) in [5.41, 5.74) is 9.17. The molecule has 3 heteroatoms. The van der Waals surface area contributed by atoms with E-state index < -0.39 is 11.5 Å². The zero-order valence-electron chi connectivity index (χ0n) is 16.8. The van der Waals surface area contributed by atoms with Crippen molar-refractivity contribution < 1.29 is 9.53 Å². The lowest BCUT2D eigenvalue weighted by Crippen LogP contribution is -2.51. The van der Waals surface area contributed by atoms with Crippen LogP contribution in [0.5, 0.6) is 0 Å². The normalized spacial score (nSPS) is 13.5. The molecule has 0 aliphatic carbocycles. The average Bonchev–Trinajstić information content (AvgIpc) is 2.77. The summed E-state index contributed by atoms with van der Waals surface area (Å²) in [6.07, 6.45) is 0. The van der Waals surface area contributed by atoms with Gasteiger partial charge in [-0.3, -0.25) is 4.79 Å². The molecule has 146 valence electrons. The van der Waals surface area contributed by atoms with Crippen LogP contribution < -0.4 is 5.73 Å². The molecular formula is C26H25NO2. The van der Waals surface area contributed by atoms with E-state index in [2.05, 4.69) is 24.0 Å². The van der Waals surface area contributed by atoms with Crippen molar-refractivity contribution in [2.45, 2.75) is 26.0 Å². The van der Waals surface area contributed by atoms with Crippen molar-refractivity contribution in [1.82, 2.24) is 0 Å². The highest BCUT2D eigenvalue weighted by Gasteiger charge is 2.35. The Kier molecular flexibility index (Phi) is 6.49. The quantitative estimate of drug-likeness (QED) is 0.508. The molecule has 2 N–H and O–H groups in total. The third-order valence-corrected chi connectivity index (χ3v) is 4.98. The standard InChI is InChI=1S/C26H25NO2/c1-20(26(2,27)25(28)29-19-22-9-5-3-6-10-22)13-14-21-15-17-24(18-16-21)23-11-7-4-8-12-23/h3-12,15-18,20H,19,27H2,1-2H3/t20-,26+/m1/s1. The molecule has 0 saturated carbocycles. The minimum Gasteiger partial charge on any atom is -0.459 e. The molecule has 0 radical (unpaired) electrons. The summed E-state index contributed by atoms with van der Waals surface area (Å²) in [6, 6.07) is 27.8. The minimum absolute atomic E-state index is 0.202. The molecule has 0 aliphatic rings. The first kappa shape index (κ1) is 20.4. The Labute approximate surface area is 172 Å². The predicted molar refractivity (Wildman–Crippen MR) is 117 cm³/mol. The van der Waals surface area contributed by atoms with Crippen LogP contribution >= 0.6 is 0 Å². The van der Waals surface area contributed by atoms with Crippen LogP contribution in [0.4, 0.5) is 0 Å². The van der Waals surface area contributed by atoms with Crippen LogP contribution in [0.1, 0.15) is 25.0 Å². The van der Waals surface area contributed by atoms with Crippen LogP contribution in [-0.4, -0.2) is 11.5 Å². The molecule has 29 heavy (non-hydrogen) atoms. The Morgan fingerprint density at radius 3 is 2.10 bits per heavy atom. The predicted octanol–water partition coefficient (Wildman–Crippen LogP) is 4.80. The van der Waals surface area contributed by atoms with Crippen molar-refractivity contribution in [3.05, 3.63) is 96.1 Å². The van der Waals surface area contributed by atoms with Crippen molar-refractivity contribution >= 4 is 5.97 Å². The lowest BCUT2D eigenvalue weighted by atomic mass is 9.88. The van der Waals surface area contributed by atoms with Crippen molar-refractivity contribution in [1.29, 1.82) is 0 Å². The summed E-state index contributed by atoms with van der Waals surface area (Å²) >= 11 is 0. The smallest absolute Gasteiger partial charge is 0.327 e. The zero-order valence-corrected chi connectivity index (χ0v) is 16.8. The van der Waals surface area contributed by atoms with Gasteiger partial charge in [-0.25, -0.2) is 0 Å². The number of benzene rings is 3. The molecule has 3 nitrogen and oxygen atoms in total. The van der Waals surface area contributed by atoms with E-state index in [0.717, 1.165) is 22.3 Å². The maximum Gasteiger partial charge on any atom is 0.327 e. The fourth-order valence-corrected chi connectivity index (χ4v) is 2.77. The summed E-state index contributed by atoms with van der Waals surface area (Å²) in [5, 5.41) is 0. The topological polar surface area (TPSA) is 52.3 Å². The Morgan fingerprint density at radius 2 is 1.48 bits per heavy atom. The van der Waals surface area contributed by atoms with Gasteiger partial charge in [-0.15, -0.1) is 0 Å². The lowest BCUT2D eigenvalue weighted by Gasteiger charge is -2.25. The van der Waals surface area contributed by atoms with Gasteiger partial charge < -0.3 is 10.5 Å². The number of ether oxygens (including phenoxy) is 1. The van der Waals surface area contributed by atoms with E-state index in [0.29, 0.717) is 0 Å². The van der Waals surface area contributed by atoms with E-state index in [-0.39, 0.29) is 12.5 Å². The molecule has 0 unspecified atom stereocenters. The van der Waals surface area contributed by atoms with Crippen molar-refractivity contribution in [2.75, 3.05) is 0 Å². The summed E-state index contributed by atoms with van der Waals surface area (Å²) in [4.78, 5) is 12.5. The first-order valence-electron chi connectivity index (χ1n) is 9.64. The summed E-state index contributed by atoms with van der Waals surface area (Å²) in [7, 11) is 0. The number of esters is 1. The van der Waals surface area contributed by atoms with Crippen molar-refractivity contribution in [3.63, 3.8) is 0 Å². The van der Waals surface area contributed by atoms with E-state index in [1.165, 1.54) is 0 Å². The van der Waals surface area contributed by atoms with Gasteiger partial charge in [0.05, 0.1) is 0 Å². The number of hydrogen-bond acceptors (Lipinski definition) is 3. The first-order chi connectivity index (χ1) is 14.0. The lowest BCUT2D eigenvalue weighted by molar-refractivity contribution is -0.152. The molecule has 0 heterocycles. The van der Waals surface area contributed by atoms with Crippen molar-refractivity contribution in [3.8, 4) is 23.0 Å². The second kappa shape index (κ2) is 9.23. The fourth-order valence-electron chi connectivity index (χ4n) is 2.77. The molecule has 3 aromatic carbocycles. The van der Waals surface area contributed by atoms with Gasteiger partial charge in [-0.1, -0.05) is 84.6 Å². The van der Waals surface area contributed by atoms with Gasteiger partial charge in [0.25, 0.3) is 0 Å². The highest BCUT2D eigenvalue weighted by atomic mass is 16.5. The molecule has 0 fully saturated rings. The Morgan fingerprint density at radius 1 is 0.931 bits per heavy atom. The monoisotopic (exact) mass is 383 g/mol. The Balaban J connectivity index is 1.63. The van der Waals surface area contributed by atoms with Crippen LogP contribution in [-0.2, 0) is 16.1 Å². The average molecular weight is 383 g/mol. The number of hydrogen-bond donors (Lipinski definition) is 1.